The minimum atomic E-state index is -0.455. The van der Waals surface area contributed by atoms with E-state index in [1.807, 2.05) is 33.9 Å². The van der Waals surface area contributed by atoms with Crippen molar-refractivity contribution in [2.75, 3.05) is 0 Å². The lowest BCUT2D eigenvalue weighted by Gasteiger charge is -2.18. The molecule has 0 spiro atoms. The van der Waals surface area contributed by atoms with Crippen LogP contribution < -0.4 is 11.1 Å². The van der Waals surface area contributed by atoms with Crippen molar-refractivity contribution in [2.24, 2.45) is 11.7 Å². The molecule has 1 unspecified atom stereocenters. The molecule has 1 rings (SSSR count). The first-order valence-electron chi connectivity index (χ1n) is 5.40. The third kappa shape index (κ3) is 3.28. The average Bonchev–Trinajstić information content (AvgIpc) is 2.63. The number of thiazole rings is 1. The minimum absolute atomic E-state index is 0.0731. The maximum Gasteiger partial charge on any atom is 0.237 e. The van der Waals surface area contributed by atoms with E-state index in [2.05, 4.69) is 10.3 Å². The smallest absolute Gasteiger partial charge is 0.237 e. The van der Waals surface area contributed by atoms with Crippen molar-refractivity contribution in [2.45, 2.75) is 39.8 Å². The largest absolute Gasteiger partial charge is 0.346 e. The molecule has 5 heteroatoms. The first-order chi connectivity index (χ1) is 7.41. The second kappa shape index (κ2) is 5.41. The summed E-state index contributed by atoms with van der Waals surface area (Å²) in [5, 5.41) is 3.79. The number of carbonyl (C=O) groups is 1. The minimum Gasteiger partial charge on any atom is -0.346 e. The van der Waals surface area contributed by atoms with Crippen LogP contribution in [0.3, 0.4) is 0 Å². The van der Waals surface area contributed by atoms with Gasteiger partial charge in [0, 0.05) is 11.1 Å². The zero-order valence-electron chi connectivity index (χ0n) is 10.2. The van der Waals surface area contributed by atoms with Gasteiger partial charge in [-0.25, -0.2) is 4.98 Å². The SMILES string of the molecule is Cc1cnc(C(C)NC(=O)[C@@H](N)C(C)C)s1. The lowest BCUT2D eigenvalue weighted by Crippen LogP contribution is -2.44. The van der Waals surface area contributed by atoms with E-state index in [9.17, 15) is 4.79 Å². The Balaban J connectivity index is 2.58. The lowest BCUT2D eigenvalue weighted by molar-refractivity contribution is -0.123. The van der Waals surface area contributed by atoms with Crippen LogP contribution in [0, 0.1) is 12.8 Å². The first kappa shape index (κ1) is 13.1. The summed E-state index contributed by atoms with van der Waals surface area (Å²) >= 11 is 1.59. The summed E-state index contributed by atoms with van der Waals surface area (Å²) in [6.07, 6.45) is 1.81. The highest BCUT2D eigenvalue weighted by atomic mass is 32.1. The van der Waals surface area contributed by atoms with Gasteiger partial charge in [0.05, 0.1) is 12.1 Å². The number of hydrogen-bond acceptors (Lipinski definition) is 4. The van der Waals surface area contributed by atoms with Gasteiger partial charge < -0.3 is 11.1 Å². The molecule has 0 fully saturated rings. The molecule has 4 nitrogen and oxygen atoms in total. The Morgan fingerprint density at radius 1 is 1.50 bits per heavy atom. The molecule has 0 aliphatic heterocycles. The van der Waals surface area contributed by atoms with Crippen LogP contribution in [0.1, 0.15) is 36.7 Å². The van der Waals surface area contributed by atoms with Crippen LogP contribution in [-0.2, 0) is 4.79 Å². The average molecular weight is 241 g/mol. The van der Waals surface area contributed by atoms with Crippen LogP contribution in [-0.4, -0.2) is 16.9 Å². The van der Waals surface area contributed by atoms with Gasteiger partial charge in [-0.3, -0.25) is 4.79 Å². The number of aryl methyl sites for hydroxylation is 1. The number of amides is 1. The summed E-state index contributed by atoms with van der Waals surface area (Å²) in [6.45, 7) is 7.78. The highest BCUT2D eigenvalue weighted by molar-refractivity contribution is 7.11. The molecule has 1 heterocycles. The van der Waals surface area contributed by atoms with Gasteiger partial charge in [-0.1, -0.05) is 13.8 Å². The van der Waals surface area contributed by atoms with Crippen molar-refractivity contribution >= 4 is 17.2 Å². The number of nitrogens with one attached hydrogen (secondary N) is 1. The van der Waals surface area contributed by atoms with E-state index in [-0.39, 0.29) is 17.9 Å². The Hall–Kier alpha value is -0.940. The number of nitrogens with zero attached hydrogens (tertiary/aromatic N) is 1. The summed E-state index contributed by atoms with van der Waals surface area (Å²) < 4.78 is 0. The maximum atomic E-state index is 11.7. The first-order valence-corrected chi connectivity index (χ1v) is 6.21. The Morgan fingerprint density at radius 2 is 2.12 bits per heavy atom. The molecule has 0 radical (unpaired) electrons. The number of nitrogens with two attached hydrogens (primary N) is 1. The fourth-order valence-electron chi connectivity index (χ4n) is 1.25. The predicted molar refractivity (Wildman–Crippen MR) is 66.2 cm³/mol. The van der Waals surface area contributed by atoms with Gasteiger partial charge in [0.1, 0.15) is 5.01 Å². The maximum absolute atomic E-state index is 11.7. The zero-order chi connectivity index (χ0) is 12.3. The molecule has 0 bridgehead atoms. The van der Waals surface area contributed by atoms with Gasteiger partial charge in [0.25, 0.3) is 0 Å². The summed E-state index contributed by atoms with van der Waals surface area (Å²) in [5.74, 6) is 0.0283. The van der Waals surface area contributed by atoms with Gasteiger partial charge in [0.2, 0.25) is 5.91 Å². The summed E-state index contributed by atoms with van der Waals surface area (Å²) in [4.78, 5) is 17.1. The third-order valence-corrected chi connectivity index (χ3v) is 3.48. The van der Waals surface area contributed by atoms with Gasteiger partial charge in [-0.2, -0.15) is 0 Å². The van der Waals surface area contributed by atoms with E-state index in [0.29, 0.717) is 0 Å². The van der Waals surface area contributed by atoms with Crippen LogP contribution >= 0.6 is 11.3 Å². The lowest BCUT2D eigenvalue weighted by atomic mass is 10.0. The van der Waals surface area contributed by atoms with Crippen molar-refractivity contribution in [1.29, 1.82) is 0 Å². The fourth-order valence-corrected chi connectivity index (χ4v) is 2.02. The fraction of sp³-hybridized carbons (Fsp3) is 0.636. The molecule has 0 aliphatic carbocycles. The van der Waals surface area contributed by atoms with Gasteiger partial charge in [0.15, 0.2) is 0 Å². The molecular formula is C11H19N3OS. The monoisotopic (exact) mass is 241 g/mol. The van der Waals surface area contributed by atoms with Crippen molar-refractivity contribution in [3.05, 3.63) is 16.1 Å². The topological polar surface area (TPSA) is 68.0 Å². The van der Waals surface area contributed by atoms with E-state index in [1.165, 1.54) is 0 Å². The summed E-state index contributed by atoms with van der Waals surface area (Å²) in [7, 11) is 0. The third-order valence-electron chi connectivity index (χ3n) is 2.39. The molecule has 3 N–H and O–H groups in total. The Morgan fingerprint density at radius 3 is 2.56 bits per heavy atom. The molecular weight excluding hydrogens is 222 g/mol. The van der Waals surface area contributed by atoms with E-state index >= 15 is 0 Å². The number of carbonyl (C=O) groups excluding carboxylic acids is 1. The number of hydrogen-bond donors (Lipinski definition) is 2. The van der Waals surface area contributed by atoms with Gasteiger partial charge in [-0.05, 0) is 19.8 Å². The van der Waals surface area contributed by atoms with Crippen LogP contribution in [0.5, 0.6) is 0 Å². The standard InChI is InChI=1S/C11H19N3OS/c1-6(2)9(12)10(15)14-8(4)11-13-5-7(3)16-11/h5-6,8-9H,12H2,1-4H3,(H,14,15)/t8?,9-/m0/s1. The Kier molecular flexibility index (Phi) is 4.44. The molecule has 2 atom stereocenters. The van der Waals surface area contributed by atoms with Crippen molar-refractivity contribution in [1.82, 2.24) is 10.3 Å². The molecule has 0 aromatic carbocycles. The summed E-state index contributed by atoms with van der Waals surface area (Å²) in [5.41, 5.74) is 5.76. The number of rotatable bonds is 4. The van der Waals surface area contributed by atoms with E-state index < -0.39 is 6.04 Å². The highest BCUT2D eigenvalue weighted by Crippen LogP contribution is 2.19. The Labute approximate surface area is 100 Å². The normalized spacial score (nSPS) is 14.9. The second-order valence-electron chi connectivity index (χ2n) is 4.31. The molecule has 0 aliphatic rings. The Bertz CT molecular complexity index is 362. The molecule has 1 aromatic rings. The van der Waals surface area contributed by atoms with Crippen molar-refractivity contribution in [3.63, 3.8) is 0 Å². The molecule has 16 heavy (non-hydrogen) atoms. The highest BCUT2D eigenvalue weighted by Gasteiger charge is 2.20. The predicted octanol–water partition coefficient (Wildman–Crippen LogP) is 1.61. The van der Waals surface area contributed by atoms with Crippen molar-refractivity contribution < 1.29 is 4.79 Å². The van der Waals surface area contributed by atoms with Crippen LogP contribution in [0.4, 0.5) is 0 Å². The van der Waals surface area contributed by atoms with E-state index in [4.69, 9.17) is 5.73 Å². The summed E-state index contributed by atoms with van der Waals surface area (Å²) in [6, 6.07) is -0.528. The van der Waals surface area contributed by atoms with E-state index in [0.717, 1.165) is 9.88 Å². The van der Waals surface area contributed by atoms with Crippen LogP contribution in [0.2, 0.25) is 0 Å². The second-order valence-corrected chi connectivity index (χ2v) is 5.58. The van der Waals surface area contributed by atoms with Gasteiger partial charge in [-0.15, -0.1) is 11.3 Å². The van der Waals surface area contributed by atoms with Crippen molar-refractivity contribution in [3.8, 4) is 0 Å². The van der Waals surface area contributed by atoms with Crippen LogP contribution in [0.25, 0.3) is 0 Å². The molecule has 1 aromatic heterocycles. The zero-order valence-corrected chi connectivity index (χ0v) is 11.0. The number of aromatic nitrogens is 1. The quantitative estimate of drug-likeness (QED) is 0.841. The molecule has 0 saturated heterocycles. The van der Waals surface area contributed by atoms with Crippen LogP contribution in [0.15, 0.2) is 6.20 Å². The molecule has 90 valence electrons. The molecule has 1 amide bonds. The molecule has 0 saturated carbocycles. The van der Waals surface area contributed by atoms with E-state index in [1.54, 1.807) is 11.3 Å². The van der Waals surface area contributed by atoms with Gasteiger partial charge >= 0.3 is 0 Å².